The number of pyridine rings is 2. The third-order valence-corrected chi connectivity index (χ3v) is 2.95. The molecule has 0 aliphatic rings. The van der Waals surface area contributed by atoms with Gasteiger partial charge in [0.15, 0.2) is 0 Å². The largest absolute Gasteiger partial charge is 0.346 e. The van der Waals surface area contributed by atoms with Crippen LogP contribution in [-0.4, -0.2) is 15.9 Å². The lowest BCUT2D eigenvalue weighted by Crippen LogP contribution is -2.24. The average Bonchev–Trinajstić information content (AvgIpc) is 2.52. The van der Waals surface area contributed by atoms with Gasteiger partial charge in [-0.3, -0.25) is 9.78 Å². The van der Waals surface area contributed by atoms with Crippen LogP contribution in [0.4, 0.5) is 5.82 Å². The van der Waals surface area contributed by atoms with Crippen LogP contribution in [0.2, 0.25) is 0 Å². The molecule has 6 nitrogen and oxygen atoms in total. The van der Waals surface area contributed by atoms with E-state index in [9.17, 15) is 4.79 Å². The fourth-order valence-electron chi connectivity index (χ4n) is 1.87. The molecule has 0 saturated carbocycles. The quantitative estimate of drug-likeness (QED) is 0.562. The highest BCUT2D eigenvalue weighted by Crippen LogP contribution is 2.08. The van der Waals surface area contributed by atoms with Crippen LogP contribution in [0.15, 0.2) is 36.7 Å². The number of aryl methyl sites for hydroxylation is 1. The number of hydrogen-bond donors (Lipinski definition) is 3. The Hall–Kier alpha value is -2.47. The maximum absolute atomic E-state index is 12.1. The fraction of sp³-hybridized carbons (Fsp3) is 0.214. The summed E-state index contributed by atoms with van der Waals surface area (Å²) in [6, 6.07) is 7.13. The van der Waals surface area contributed by atoms with Crippen molar-refractivity contribution in [1.29, 1.82) is 0 Å². The Bertz CT molecular complexity index is 600. The maximum Gasteiger partial charge on any atom is 0.251 e. The predicted octanol–water partition coefficient (Wildman–Crippen LogP) is 1.25. The molecule has 0 atom stereocenters. The monoisotopic (exact) mass is 271 g/mol. The Morgan fingerprint density at radius 3 is 2.90 bits per heavy atom. The van der Waals surface area contributed by atoms with Gasteiger partial charge in [-0.2, -0.15) is 0 Å². The minimum Gasteiger partial charge on any atom is -0.346 e. The van der Waals surface area contributed by atoms with Gasteiger partial charge in [0.2, 0.25) is 0 Å². The summed E-state index contributed by atoms with van der Waals surface area (Å²) >= 11 is 0. The zero-order valence-electron chi connectivity index (χ0n) is 11.3. The number of rotatable bonds is 5. The van der Waals surface area contributed by atoms with E-state index >= 15 is 0 Å². The van der Waals surface area contributed by atoms with E-state index in [1.807, 2.05) is 12.1 Å². The van der Waals surface area contributed by atoms with Gasteiger partial charge < -0.3 is 10.7 Å². The summed E-state index contributed by atoms with van der Waals surface area (Å²) in [6.07, 6.45) is 4.14. The van der Waals surface area contributed by atoms with Crippen LogP contribution in [0.5, 0.6) is 0 Å². The number of nitrogens with two attached hydrogens (primary N) is 1. The second-order valence-electron chi connectivity index (χ2n) is 4.22. The Kier molecular flexibility index (Phi) is 4.62. The van der Waals surface area contributed by atoms with E-state index in [0.29, 0.717) is 17.9 Å². The molecule has 0 saturated heterocycles. The van der Waals surface area contributed by atoms with Crippen molar-refractivity contribution in [3.05, 3.63) is 53.5 Å². The maximum atomic E-state index is 12.1. The van der Waals surface area contributed by atoms with Crippen molar-refractivity contribution in [2.75, 3.05) is 5.43 Å². The van der Waals surface area contributed by atoms with Crippen molar-refractivity contribution in [2.24, 2.45) is 5.84 Å². The molecule has 4 N–H and O–H groups in total. The van der Waals surface area contributed by atoms with Crippen LogP contribution in [0.25, 0.3) is 0 Å². The molecule has 0 aliphatic heterocycles. The third kappa shape index (κ3) is 3.30. The molecule has 0 aromatic carbocycles. The Labute approximate surface area is 117 Å². The number of carbonyl (C=O) groups is 1. The van der Waals surface area contributed by atoms with Crippen molar-refractivity contribution < 1.29 is 4.79 Å². The molecule has 0 spiro atoms. The van der Waals surface area contributed by atoms with Gasteiger partial charge >= 0.3 is 0 Å². The topological polar surface area (TPSA) is 92.9 Å². The summed E-state index contributed by atoms with van der Waals surface area (Å²) in [7, 11) is 0. The normalized spacial score (nSPS) is 10.1. The average molecular weight is 271 g/mol. The Morgan fingerprint density at radius 1 is 1.30 bits per heavy atom. The Balaban J connectivity index is 2.04. The number of hydrogen-bond acceptors (Lipinski definition) is 5. The summed E-state index contributed by atoms with van der Waals surface area (Å²) in [5.41, 5.74) is 4.93. The van der Waals surface area contributed by atoms with Crippen LogP contribution in [0.3, 0.4) is 0 Å². The number of aromatic nitrogens is 2. The predicted molar refractivity (Wildman–Crippen MR) is 76.8 cm³/mol. The van der Waals surface area contributed by atoms with Gasteiger partial charge in [-0.15, -0.1) is 0 Å². The first kappa shape index (κ1) is 14.0. The van der Waals surface area contributed by atoms with E-state index in [1.54, 1.807) is 18.3 Å². The SMILES string of the molecule is CCc1cccnc1CNC(=O)c1ccnc(NN)c1. The first-order valence-electron chi connectivity index (χ1n) is 6.38. The molecule has 0 radical (unpaired) electrons. The highest BCUT2D eigenvalue weighted by atomic mass is 16.1. The molecule has 2 rings (SSSR count). The number of anilines is 1. The van der Waals surface area contributed by atoms with E-state index in [-0.39, 0.29) is 5.91 Å². The van der Waals surface area contributed by atoms with Crippen LogP contribution in [0.1, 0.15) is 28.5 Å². The molecule has 6 heteroatoms. The first-order chi connectivity index (χ1) is 9.74. The first-order valence-corrected chi connectivity index (χ1v) is 6.38. The summed E-state index contributed by atoms with van der Waals surface area (Å²) in [5, 5.41) is 2.84. The minimum absolute atomic E-state index is 0.184. The van der Waals surface area contributed by atoms with Crippen LogP contribution < -0.4 is 16.6 Å². The van der Waals surface area contributed by atoms with Crippen molar-refractivity contribution in [3.8, 4) is 0 Å². The Morgan fingerprint density at radius 2 is 2.15 bits per heavy atom. The lowest BCUT2D eigenvalue weighted by Gasteiger charge is -2.08. The van der Waals surface area contributed by atoms with E-state index in [1.165, 1.54) is 6.20 Å². The van der Waals surface area contributed by atoms with Crippen LogP contribution in [0, 0.1) is 0 Å². The number of amides is 1. The lowest BCUT2D eigenvalue weighted by molar-refractivity contribution is 0.0950. The number of carbonyl (C=O) groups excluding carboxylic acids is 1. The van der Waals surface area contributed by atoms with Crippen molar-refractivity contribution in [3.63, 3.8) is 0 Å². The standard InChI is InChI=1S/C14H17N5O/c1-2-10-4-3-6-16-12(10)9-18-14(20)11-5-7-17-13(8-11)19-15/h3-8H,2,9,15H2,1H3,(H,17,19)(H,18,20). The zero-order valence-corrected chi connectivity index (χ0v) is 11.3. The van der Waals surface area contributed by atoms with Gasteiger partial charge in [0.05, 0.1) is 12.2 Å². The lowest BCUT2D eigenvalue weighted by atomic mass is 10.1. The number of nitrogens with zero attached hydrogens (tertiary/aromatic N) is 2. The van der Waals surface area contributed by atoms with Gasteiger partial charge in [-0.05, 0) is 30.2 Å². The molecular formula is C14H17N5O. The number of nitrogen functional groups attached to an aromatic ring is 1. The second kappa shape index (κ2) is 6.63. The molecule has 0 bridgehead atoms. The van der Waals surface area contributed by atoms with E-state index in [0.717, 1.165) is 17.7 Å². The molecule has 2 aromatic heterocycles. The molecule has 2 heterocycles. The van der Waals surface area contributed by atoms with E-state index in [4.69, 9.17) is 5.84 Å². The van der Waals surface area contributed by atoms with Gasteiger partial charge in [0.1, 0.15) is 5.82 Å². The van der Waals surface area contributed by atoms with Crippen LogP contribution in [-0.2, 0) is 13.0 Å². The minimum atomic E-state index is -0.184. The number of hydrazine groups is 1. The van der Waals surface area contributed by atoms with Gasteiger partial charge in [0.25, 0.3) is 5.91 Å². The molecule has 0 aliphatic carbocycles. The summed E-state index contributed by atoms with van der Waals surface area (Å²) in [5.74, 6) is 5.53. The van der Waals surface area contributed by atoms with Gasteiger partial charge in [-0.1, -0.05) is 13.0 Å². The molecule has 2 aromatic rings. The van der Waals surface area contributed by atoms with E-state index in [2.05, 4.69) is 27.6 Å². The summed E-state index contributed by atoms with van der Waals surface area (Å²) in [4.78, 5) is 20.3. The smallest absolute Gasteiger partial charge is 0.251 e. The van der Waals surface area contributed by atoms with Crippen molar-refractivity contribution in [1.82, 2.24) is 15.3 Å². The van der Waals surface area contributed by atoms with Gasteiger partial charge in [0, 0.05) is 18.0 Å². The molecule has 104 valence electrons. The second-order valence-corrected chi connectivity index (χ2v) is 4.22. The molecular weight excluding hydrogens is 254 g/mol. The molecule has 0 fully saturated rings. The summed E-state index contributed by atoms with van der Waals surface area (Å²) in [6.45, 7) is 2.46. The number of nitrogens with one attached hydrogen (secondary N) is 2. The van der Waals surface area contributed by atoms with E-state index < -0.39 is 0 Å². The highest BCUT2D eigenvalue weighted by molar-refractivity contribution is 5.94. The molecule has 1 amide bonds. The third-order valence-electron chi connectivity index (χ3n) is 2.95. The van der Waals surface area contributed by atoms with Crippen molar-refractivity contribution >= 4 is 11.7 Å². The zero-order chi connectivity index (χ0) is 14.4. The summed E-state index contributed by atoms with van der Waals surface area (Å²) < 4.78 is 0. The fourth-order valence-corrected chi connectivity index (χ4v) is 1.87. The highest BCUT2D eigenvalue weighted by Gasteiger charge is 2.08. The molecule has 20 heavy (non-hydrogen) atoms. The van der Waals surface area contributed by atoms with Gasteiger partial charge in [-0.25, -0.2) is 10.8 Å². The van der Waals surface area contributed by atoms with Crippen molar-refractivity contribution in [2.45, 2.75) is 19.9 Å². The van der Waals surface area contributed by atoms with Crippen LogP contribution >= 0.6 is 0 Å². The molecule has 0 unspecified atom stereocenters.